The summed E-state index contributed by atoms with van der Waals surface area (Å²) in [6.07, 6.45) is 2.66. The van der Waals surface area contributed by atoms with E-state index in [2.05, 4.69) is 33.3 Å². The number of nitrogens with zero attached hydrogens (tertiary/aromatic N) is 4. The number of nitrogens with one attached hydrogen (secondary N) is 1. The lowest BCUT2D eigenvalue weighted by atomic mass is 10.1. The molecule has 0 saturated carbocycles. The third-order valence-corrected chi connectivity index (χ3v) is 6.19. The lowest BCUT2D eigenvalue weighted by molar-refractivity contribution is 0.277. The zero-order chi connectivity index (χ0) is 16.4. The molecule has 1 aromatic carbocycles. The average molecular weight is 337 g/mol. The number of fused-ring (bicyclic) bond motifs is 1. The van der Waals surface area contributed by atoms with E-state index in [0.29, 0.717) is 13.1 Å². The molecule has 0 aliphatic carbocycles. The molecule has 2 aromatic rings. The summed E-state index contributed by atoms with van der Waals surface area (Å²) in [6.45, 7) is 3.59. The molecule has 1 aliphatic rings. The van der Waals surface area contributed by atoms with E-state index in [9.17, 15) is 8.42 Å². The quantitative estimate of drug-likeness (QED) is 0.899. The van der Waals surface area contributed by atoms with Crippen molar-refractivity contribution in [1.82, 2.24) is 23.7 Å². The summed E-state index contributed by atoms with van der Waals surface area (Å²) in [4.78, 5) is 2.31. The molecule has 0 amide bonds. The fourth-order valence-electron chi connectivity index (χ4n) is 2.91. The van der Waals surface area contributed by atoms with Crippen LogP contribution < -0.4 is 0 Å². The van der Waals surface area contributed by atoms with Crippen LogP contribution in [0.25, 0.3) is 10.9 Å². The van der Waals surface area contributed by atoms with E-state index in [1.54, 1.807) is 18.4 Å². The molecule has 7 nitrogen and oxygen atoms in total. The SMILES string of the molecule is CN(C)S(=O)(=O)N1CCCN(Cc2ccc3cn[nH]c3c2)CC1. The first-order valence-electron chi connectivity index (χ1n) is 7.79. The van der Waals surface area contributed by atoms with Crippen LogP contribution in [-0.4, -0.2) is 72.4 Å². The maximum Gasteiger partial charge on any atom is 0.281 e. The van der Waals surface area contributed by atoms with E-state index in [0.717, 1.165) is 37.0 Å². The van der Waals surface area contributed by atoms with Crippen molar-refractivity contribution in [2.75, 3.05) is 40.3 Å². The minimum Gasteiger partial charge on any atom is -0.298 e. The molecule has 8 heteroatoms. The van der Waals surface area contributed by atoms with Gasteiger partial charge < -0.3 is 0 Å². The topological polar surface area (TPSA) is 72.5 Å². The maximum atomic E-state index is 12.2. The zero-order valence-electron chi connectivity index (χ0n) is 13.6. The summed E-state index contributed by atoms with van der Waals surface area (Å²) in [5, 5.41) is 8.13. The fraction of sp³-hybridized carbons (Fsp3) is 0.533. The lowest BCUT2D eigenvalue weighted by Gasteiger charge is -2.24. The van der Waals surface area contributed by atoms with Crippen molar-refractivity contribution in [3.8, 4) is 0 Å². The van der Waals surface area contributed by atoms with Crippen LogP contribution in [0, 0.1) is 0 Å². The summed E-state index contributed by atoms with van der Waals surface area (Å²) in [5.41, 5.74) is 2.25. The second-order valence-electron chi connectivity index (χ2n) is 6.11. The monoisotopic (exact) mass is 337 g/mol. The number of hydrogen-bond acceptors (Lipinski definition) is 4. The fourth-order valence-corrected chi connectivity index (χ4v) is 4.04. The minimum absolute atomic E-state index is 0.535. The van der Waals surface area contributed by atoms with Gasteiger partial charge in [-0.05, 0) is 24.6 Å². The van der Waals surface area contributed by atoms with Crippen LogP contribution in [-0.2, 0) is 16.8 Å². The van der Waals surface area contributed by atoms with Gasteiger partial charge in [0.2, 0.25) is 0 Å². The van der Waals surface area contributed by atoms with Crippen molar-refractivity contribution < 1.29 is 8.42 Å². The largest absolute Gasteiger partial charge is 0.298 e. The first-order chi connectivity index (χ1) is 11.0. The molecule has 1 N–H and O–H groups in total. The predicted molar refractivity (Wildman–Crippen MR) is 90.2 cm³/mol. The van der Waals surface area contributed by atoms with Gasteiger partial charge >= 0.3 is 0 Å². The molecule has 0 atom stereocenters. The van der Waals surface area contributed by atoms with Crippen LogP contribution in [0.5, 0.6) is 0 Å². The Labute approximate surface area is 137 Å². The summed E-state index contributed by atoms with van der Waals surface area (Å²) in [7, 11) is -0.152. The third kappa shape index (κ3) is 3.55. The number of benzene rings is 1. The van der Waals surface area contributed by atoms with Crippen LogP contribution in [0.3, 0.4) is 0 Å². The summed E-state index contributed by atoms with van der Waals surface area (Å²) >= 11 is 0. The molecule has 0 spiro atoms. The van der Waals surface area contributed by atoms with Crippen molar-refractivity contribution in [2.45, 2.75) is 13.0 Å². The van der Waals surface area contributed by atoms with Gasteiger partial charge in [0.1, 0.15) is 0 Å². The Morgan fingerprint density at radius 2 is 2.04 bits per heavy atom. The molecule has 1 aromatic heterocycles. The molecular formula is C15H23N5O2S. The second kappa shape index (κ2) is 6.56. The Bertz CT molecular complexity index is 771. The van der Waals surface area contributed by atoms with Crippen molar-refractivity contribution in [1.29, 1.82) is 0 Å². The minimum atomic E-state index is -3.31. The van der Waals surface area contributed by atoms with Gasteiger partial charge in [-0.15, -0.1) is 0 Å². The zero-order valence-corrected chi connectivity index (χ0v) is 14.4. The summed E-state index contributed by atoms with van der Waals surface area (Å²) in [5.74, 6) is 0. The Balaban J connectivity index is 1.66. The van der Waals surface area contributed by atoms with Crippen LogP contribution in [0.15, 0.2) is 24.4 Å². The number of aromatic amines is 1. The standard InChI is InChI=1S/C15H23N5O2S/c1-18(2)23(21,22)20-7-3-6-19(8-9-20)12-13-4-5-14-11-16-17-15(14)10-13/h4-5,10-11H,3,6-9,12H2,1-2H3,(H,16,17). The maximum absolute atomic E-state index is 12.2. The molecular weight excluding hydrogens is 314 g/mol. The van der Waals surface area contributed by atoms with Crippen molar-refractivity contribution >= 4 is 21.1 Å². The number of aromatic nitrogens is 2. The van der Waals surface area contributed by atoms with Gasteiger partial charge in [0.25, 0.3) is 10.2 Å². The molecule has 1 saturated heterocycles. The molecule has 3 rings (SSSR count). The first-order valence-corrected chi connectivity index (χ1v) is 9.18. The van der Waals surface area contributed by atoms with E-state index in [4.69, 9.17) is 0 Å². The molecule has 1 fully saturated rings. The van der Waals surface area contributed by atoms with E-state index in [1.165, 1.54) is 9.87 Å². The van der Waals surface area contributed by atoms with Gasteiger partial charge in [-0.3, -0.25) is 10.00 Å². The van der Waals surface area contributed by atoms with Crippen molar-refractivity contribution in [2.24, 2.45) is 0 Å². The average Bonchev–Trinajstić information content (AvgIpc) is 2.84. The molecule has 1 aliphatic heterocycles. The van der Waals surface area contributed by atoms with Gasteiger partial charge in [-0.2, -0.15) is 22.1 Å². The van der Waals surface area contributed by atoms with Gasteiger partial charge in [0.15, 0.2) is 0 Å². The van der Waals surface area contributed by atoms with Crippen molar-refractivity contribution in [3.63, 3.8) is 0 Å². The number of H-pyrrole nitrogens is 1. The van der Waals surface area contributed by atoms with Crippen LogP contribution >= 0.6 is 0 Å². The number of hydrogen-bond donors (Lipinski definition) is 1. The van der Waals surface area contributed by atoms with Gasteiger partial charge in [-0.1, -0.05) is 12.1 Å². The Hall–Kier alpha value is -1.48. The van der Waals surface area contributed by atoms with Crippen LogP contribution in [0.4, 0.5) is 0 Å². The van der Waals surface area contributed by atoms with E-state index >= 15 is 0 Å². The Kier molecular flexibility index (Phi) is 4.67. The number of rotatable bonds is 4. The summed E-state index contributed by atoms with van der Waals surface area (Å²) < 4.78 is 27.3. The highest BCUT2D eigenvalue weighted by molar-refractivity contribution is 7.86. The molecule has 0 radical (unpaired) electrons. The van der Waals surface area contributed by atoms with Crippen LogP contribution in [0.1, 0.15) is 12.0 Å². The van der Waals surface area contributed by atoms with Crippen LogP contribution in [0.2, 0.25) is 0 Å². The lowest BCUT2D eigenvalue weighted by Crippen LogP contribution is -2.42. The van der Waals surface area contributed by atoms with Gasteiger partial charge in [-0.25, -0.2) is 0 Å². The van der Waals surface area contributed by atoms with E-state index in [1.807, 2.05) is 6.20 Å². The highest BCUT2D eigenvalue weighted by atomic mass is 32.2. The van der Waals surface area contributed by atoms with Gasteiger partial charge in [0, 0.05) is 45.7 Å². The molecule has 0 unspecified atom stereocenters. The van der Waals surface area contributed by atoms with Crippen molar-refractivity contribution in [3.05, 3.63) is 30.0 Å². The highest BCUT2D eigenvalue weighted by Crippen LogP contribution is 2.16. The molecule has 126 valence electrons. The molecule has 2 heterocycles. The second-order valence-corrected chi connectivity index (χ2v) is 8.25. The van der Waals surface area contributed by atoms with E-state index in [-0.39, 0.29) is 0 Å². The summed E-state index contributed by atoms with van der Waals surface area (Å²) in [6, 6.07) is 6.29. The normalized spacial score (nSPS) is 18.6. The first kappa shape index (κ1) is 16.4. The molecule has 0 bridgehead atoms. The third-order valence-electron chi connectivity index (χ3n) is 4.25. The molecule has 23 heavy (non-hydrogen) atoms. The Morgan fingerprint density at radius 3 is 2.83 bits per heavy atom. The smallest absolute Gasteiger partial charge is 0.281 e. The predicted octanol–water partition coefficient (Wildman–Crippen LogP) is 0.877. The Morgan fingerprint density at radius 1 is 1.22 bits per heavy atom. The van der Waals surface area contributed by atoms with E-state index < -0.39 is 10.2 Å². The van der Waals surface area contributed by atoms with Gasteiger partial charge in [0.05, 0.1) is 11.7 Å². The highest BCUT2D eigenvalue weighted by Gasteiger charge is 2.26.